The molecule has 1 saturated heterocycles. The molecular formula is C16H23N3O4. The van der Waals surface area contributed by atoms with E-state index in [1.165, 1.54) is 13.0 Å². The summed E-state index contributed by atoms with van der Waals surface area (Å²) in [6.45, 7) is 3.36. The molecule has 0 atom stereocenters. The van der Waals surface area contributed by atoms with Crippen molar-refractivity contribution in [1.82, 2.24) is 4.90 Å². The van der Waals surface area contributed by atoms with Crippen molar-refractivity contribution in [3.63, 3.8) is 0 Å². The summed E-state index contributed by atoms with van der Waals surface area (Å²) in [6.07, 6.45) is 1.73. The normalized spacial score (nSPS) is 17.0. The van der Waals surface area contributed by atoms with Crippen molar-refractivity contribution in [3.8, 4) is 0 Å². The molecule has 0 bridgehead atoms. The lowest BCUT2D eigenvalue weighted by Gasteiger charge is -2.43. The Kier molecular flexibility index (Phi) is 5.33. The minimum atomic E-state index is -0.457. The maximum atomic E-state index is 11.4. The number of benzene rings is 1. The number of nitro benzene ring substituents is 1. The molecule has 1 fully saturated rings. The Hall–Kier alpha value is -1.99. The number of nitrogens with zero attached hydrogens (tertiary/aromatic N) is 2. The summed E-state index contributed by atoms with van der Waals surface area (Å²) in [6, 6.07) is 4.55. The molecule has 0 saturated carbocycles. The van der Waals surface area contributed by atoms with Crippen LogP contribution in [-0.4, -0.2) is 55.0 Å². The quantitative estimate of drug-likeness (QED) is 0.492. The second-order valence-corrected chi connectivity index (χ2v) is 6.13. The number of carbonyl (C=O) groups excluding carboxylic acids is 1. The number of Topliss-reactive ketones (excluding diaryl/α,β-unsaturated/α-hetero) is 1. The molecule has 0 radical (unpaired) electrons. The van der Waals surface area contributed by atoms with Gasteiger partial charge in [0.1, 0.15) is 5.69 Å². The minimum Gasteiger partial charge on any atom is -0.381 e. The van der Waals surface area contributed by atoms with Crippen LogP contribution in [0.15, 0.2) is 18.2 Å². The number of nitrogens with one attached hydrogen (secondary N) is 1. The van der Waals surface area contributed by atoms with Crippen molar-refractivity contribution in [3.05, 3.63) is 33.9 Å². The van der Waals surface area contributed by atoms with Crippen LogP contribution in [0.4, 0.5) is 11.4 Å². The predicted octanol–water partition coefficient (Wildman–Crippen LogP) is 2.32. The number of carbonyl (C=O) groups is 1. The van der Waals surface area contributed by atoms with Crippen LogP contribution in [0.2, 0.25) is 0 Å². The van der Waals surface area contributed by atoms with Crippen LogP contribution in [-0.2, 0) is 4.74 Å². The van der Waals surface area contributed by atoms with Gasteiger partial charge in [0.05, 0.1) is 4.92 Å². The monoisotopic (exact) mass is 321 g/mol. The van der Waals surface area contributed by atoms with Gasteiger partial charge in [-0.15, -0.1) is 0 Å². The van der Waals surface area contributed by atoms with E-state index in [0.29, 0.717) is 31.0 Å². The van der Waals surface area contributed by atoms with Crippen molar-refractivity contribution in [2.75, 3.05) is 39.2 Å². The Morgan fingerprint density at radius 3 is 2.57 bits per heavy atom. The molecule has 7 heteroatoms. The van der Waals surface area contributed by atoms with E-state index in [1.807, 2.05) is 14.1 Å². The van der Waals surface area contributed by atoms with Crippen molar-refractivity contribution >= 4 is 17.2 Å². The van der Waals surface area contributed by atoms with Gasteiger partial charge in [0, 0.05) is 36.9 Å². The zero-order chi connectivity index (χ0) is 17.0. The largest absolute Gasteiger partial charge is 0.381 e. The highest BCUT2D eigenvalue weighted by Gasteiger charge is 2.35. The molecule has 0 amide bonds. The molecule has 7 nitrogen and oxygen atoms in total. The molecule has 23 heavy (non-hydrogen) atoms. The fourth-order valence-electron chi connectivity index (χ4n) is 2.84. The smallest absolute Gasteiger partial charge is 0.293 e. The Labute approximate surface area is 135 Å². The van der Waals surface area contributed by atoms with E-state index in [-0.39, 0.29) is 17.0 Å². The third kappa shape index (κ3) is 3.86. The van der Waals surface area contributed by atoms with Crippen molar-refractivity contribution in [2.45, 2.75) is 25.3 Å². The maximum Gasteiger partial charge on any atom is 0.293 e. The molecule has 1 aliphatic rings. The lowest BCUT2D eigenvalue weighted by molar-refractivity contribution is -0.384. The van der Waals surface area contributed by atoms with Crippen molar-refractivity contribution in [1.29, 1.82) is 0 Å². The Morgan fingerprint density at radius 2 is 2.04 bits per heavy atom. The van der Waals surface area contributed by atoms with Crippen LogP contribution in [0.3, 0.4) is 0 Å². The zero-order valence-electron chi connectivity index (χ0n) is 13.8. The van der Waals surface area contributed by atoms with Gasteiger partial charge in [0.25, 0.3) is 5.69 Å². The van der Waals surface area contributed by atoms with Gasteiger partial charge in [-0.05, 0) is 46.0 Å². The van der Waals surface area contributed by atoms with E-state index in [2.05, 4.69) is 10.2 Å². The molecule has 0 unspecified atom stereocenters. The highest BCUT2D eigenvalue weighted by atomic mass is 16.6. The first-order valence-corrected chi connectivity index (χ1v) is 7.64. The lowest BCUT2D eigenvalue weighted by atomic mass is 9.88. The first kappa shape index (κ1) is 17.4. The third-order valence-electron chi connectivity index (χ3n) is 4.58. The Morgan fingerprint density at radius 1 is 1.39 bits per heavy atom. The predicted molar refractivity (Wildman–Crippen MR) is 88.1 cm³/mol. The van der Waals surface area contributed by atoms with E-state index in [1.54, 1.807) is 12.1 Å². The van der Waals surface area contributed by atoms with Gasteiger partial charge in [-0.25, -0.2) is 0 Å². The minimum absolute atomic E-state index is 0.0707. The first-order valence-electron chi connectivity index (χ1n) is 7.64. The number of anilines is 1. The van der Waals surface area contributed by atoms with Gasteiger partial charge in [0.2, 0.25) is 0 Å². The molecule has 0 aromatic heterocycles. The second-order valence-electron chi connectivity index (χ2n) is 6.13. The van der Waals surface area contributed by atoms with Crippen LogP contribution in [0.5, 0.6) is 0 Å². The van der Waals surface area contributed by atoms with E-state index in [0.717, 1.165) is 12.8 Å². The topological polar surface area (TPSA) is 84.7 Å². The van der Waals surface area contributed by atoms with E-state index in [9.17, 15) is 14.9 Å². The van der Waals surface area contributed by atoms with E-state index < -0.39 is 4.92 Å². The molecular weight excluding hydrogens is 298 g/mol. The SMILES string of the molecule is CC(=O)c1ccc(NCC2(N(C)C)CCOCC2)c([N+](=O)[O-])c1. The highest BCUT2D eigenvalue weighted by Crippen LogP contribution is 2.30. The highest BCUT2D eigenvalue weighted by molar-refractivity contribution is 5.95. The van der Waals surface area contributed by atoms with Crippen LogP contribution in [0.1, 0.15) is 30.1 Å². The fraction of sp³-hybridized carbons (Fsp3) is 0.562. The summed E-state index contributed by atoms with van der Waals surface area (Å²) < 4.78 is 5.43. The van der Waals surface area contributed by atoms with Crippen molar-refractivity contribution in [2.24, 2.45) is 0 Å². The van der Waals surface area contributed by atoms with E-state index in [4.69, 9.17) is 4.74 Å². The standard InChI is InChI=1S/C16H23N3O4/c1-12(20)13-4-5-14(15(10-13)19(21)22)17-11-16(18(2)3)6-8-23-9-7-16/h4-5,10,17H,6-9,11H2,1-3H3. The molecule has 0 aliphatic carbocycles. The molecule has 2 rings (SSSR count). The van der Waals surface area contributed by atoms with Gasteiger partial charge in [-0.2, -0.15) is 0 Å². The lowest BCUT2D eigenvalue weighted by Crippen LogP contribution is -2.53. The second kappa shape index (κ2) is 7.06. The first-order chi connectivity index (χ1) is 10.9. The molecule has 1 N–H and O–H groups in total. The number of nitro groups is 1. The number of ether oxygens (including phenoxy) is 1. The summed E-state index contributed by atoms with van der Waals surface area (Å²) in [5, 5.41) is 14.5. The number of likely N-dealkylation sites (N-methyl/N-ethyl adjacent to an activating group) is 1. The summed E-state index contributed by atoms with van der Waals surface area (Å²) >= 11 is 0. The maximum absolute atomic E-state index is 11.4. The number of ketones is 1. The molecule has 1 aliphatic heterocycles. The van der Waals surface area contributed by atoms with Gasteiger partial charge >= 0.3 is 0 Å². The van der Waals surface area contributed by atoms with Crippen molar-refractivity contribution < 1.29 is 14.5 Å². The van der Waals surface area contributed by atoms with Crippen LogP contribution >= 0.6 is 0 Å². The Bertz CT molecular complexity index is 595. The van der Waals surface area contributed by atoms with E-state index >= 15 is 0 Å². The number of hydrogen-bond donors (Lipinski definition) is 1. The third-order valence-corrected chi connectivity index (χ3v) is 4.58. The zero-order valence-corrected chi connectivity index (χ0v) is 13.8. The molecule has 0 spiro atoms. The molecule has 1 aromatic carbocycles. The summed E-state index contributed by atoms with van der Waals surface area (Å²) in [4.78, 5) is 24.4. The van der Waals surface area contributed by atoms with Crippen LogP contribution in [0.25, 0.3) is 0 Å². The molecule has 1 aromatic rings. The summed E-state index contributed by atoms with van der Waals surface area (Å²) in [7, 11) is 4.03. The van der Waals surface area contributed by atoms with Gasteiger partial charge in [0.15, 0.2) is 5.78 Å². The number of rotatable bonds is 6. The van der Waals surface area contributed by atoms with Crippen LogP contribution < -0.4 is 5.32 Å². The van der Waals surface area contributed by atoms with Gasteiger partial charge in [-0.3, -0.25) is 14.9 Å². The summed E-state index contributed by atoms with van der Waals surface area (Å²) in [5.41, 5.74) is 0.618. The van der Waals surface area contributed by atoms with Gasteiger partial charge in [-0.1, -0.05) is 0 Å². The molecule has 1 heterocycles. The Balaban J connectivity index is 2.22. The van der Waals surface area contributed by atoms with Gasteiger partial charge < -0.3 is 15.0 Å². The number of hydrogen-bond acceptors (Lipinski definition) is 6. The van der Waals surface area contributed by atoms with Crippen LogP contribution in [0, 0.1) is 10.1 Å². The average Bonchev–Trinajstić information content (AvgIpc) is 2.53. The fourth-order valence-corrected chi connectivity index (χ4v) is 2.84. The average molecular weight is 321 g/mol. The summed E-state index contributed by atoms with van der Waals surface area (Å²) in [5.74, 6) is -0.186. The molecule has 126 valence electrons.